The van der Waals surface area contributed by atoms with Gasteiger partial charge in [0.2, 0.25) is 0 Å². The highest BCUT2D eigenvalue weighted by Crippen LogP contribution is 2.32. The minimum atomic E-state index is 0.361. The molecule has 2 heteroatoms. The summed E-state index contributed by atoms with van der Waals surface area (Å²) in [5.74, 6) is 0.893. The van der Waals surface area contributed by atoms with Crippen molar-refractivity contribution in [3.05, 3.63) is 11.8 Å². The summed E-state index contributed by atoms with van der Waals surface area (Å²) in [7, 11) is 3.96. The van der Waals surface area contributed by atoms with Crippen LogP contribution in [0.25, 0.3) is 0 Å². The number of unbranched alkanes of at least 4 members (excludes halogenated alkanes) is 1. The molecule has 0 radical (unpaired) electrons. The molecule has 2 nitrogen and oxygen atoms in total. The Morgan fingerprint density at radius 2 is 2.21 bits per heavy atom. The van der Waals surface area contributed by atoms with Gasteiger partial charge in [-0.3, -0.25) is 4.79 Å². The van der Waals surface area contributed by atoms with E-state index in [1.54, 1.807) is 0 Å². The van der Waals surface area contributed by atoms with Crippen molar-refractivity contribution in [1.29, 1.82) is 0 Å². The van der Waals surface area contributed by atoms with Gasteiger partial charge in [0.1, 0.15) is 0 Å². The molecule has 80 valence electrons. The van der Waals surface area contributed by atoms with Crippen molar-refractivity contribution in [2.75, 3.05) is 14.1 Å². The van der Waals surface area contributed by atoms with Gasteiger partial charge in [0, 0.05) is 32.3 Å². The summed E-state index contributed by atoms with van der Waals surface area (Å²) in [5.41, 5.74) is 1.06. The zero-order chi connectivity index (χ0) is 10.6. The van der Waals surface area contributed by atoms with Crippen LogP contribution in [0.15, 0.2) is 11.8 Å². The van der Waals surface area contributed by atoms with Crippen LogP contribution in [0.5, 0.6) is 0 Å². The highest BCUT2D eigenvalue weighted by molar-refractivity contribution is 5.97. The monoisotopic (exact) mass is 195 g/mol. The fourth-order valence-corrected chi connectivity index (χ4v) is 2.04. The predicted molar refractivity (Wildman–Crippen MR) is 59.0 cm³/mol. The molecule has 1 rings (SSSR count). The summed E-state index contributed by atoms with van der Waals surface area (Å²) in [6.07, 6.45) is 7.48. The number of allylic oxidation sites excluding steroid dienone is 1. The predicted octanol–water partition coefficient (Wildman–Crippen LogP) is 2.60. The first kappa shape index (κ1) is 11.3. The lowest BCUT2D eigenvalue weighted by Crippen LogP contribution is -2.09. The number of rotatable bonds is 4. The van der Waals surface area contributed by atoms with Crippen LogP contribution < -0.4 is 0 Å². The lowest BCUT2D eigenvalue weighted by atomic mass is 9.97. The van der Waals surface area contributed by atoms with Crippen LogP contribution in [0.4, 0.5) is 0 Å². The first-order chi connectivity index (χ1) is 6.65. The Kier molecular flexibility index (Phi) is 4.18. The molecule has 0 saturated heterocycles. The molecule has 1 aliphatic carbocycles. The van der Waals surface area contributed by atoms with Crippen molar-refractivity contribution >= 4 is 5.78 Å². The largest absolute Gasteiger partial charge is 0.383 e. The summed E-state index contributed by atoms with van der Waals surface area (Å²) in [5, 5.41) is 0. The smallest absolute Gasteiger partial charge is 0.160 e. The molecule has 1 fully saturated rings. The normalized spacial score (nSPS) is 24.6. The van der Waals surface area contributed by atoms with Crippen LogP contribution in [0.2, 0.25) is 0 Å². The zero-order valence-corrected chi connectivity index (χ0v) is 9.55. The quantitative estimate of drug-likeness (QED) is 0.643. The molecule has 1 unspecified atom stereocenters. The lowest BCUT2D eigenvalue weighted by molar-refractivity contribution is -0.114. The third kappa shape index (κ3) is 2.86. The molecule has 0 bridgehead atoms. The van der Waals surface area contributed by atoms with E-state index in [2.05, 4.69) is 6.92 Å². The third-order valence-corrected chi connectivity index (χ3v) is 2.79. The Morgan fingerprint density at radius 1 is 1.50 bits per heavy atom. The third-order valence-electron chi connectivity index (χ3n) is 2.79. The van der Waals surface area contributed by atoms with Gasteiger partial charge >= 0.3 is 0 Å². The van der Waals surface area contributed by atoms with Crippen LogP contribution >= 0.6 is 0 Å². The van der Waals surface area contributed by atoms with Crippen LogP contribution in [0.1, 0.15) is 39.0 Å². The summed E-state index contributed by atoms with van der Waals surface area (Å²) in [4.78, 5) is 13.6. The zero-order valence-electron chi connectivity index (χ0n) is 9.55. The summed E-state index contributed by atoms with van der Waals surface area (Å²) < 4.78 is 0. The van der Waals surface area contributed by atoms with Gasteiger partial charge < -0.3 is 4.90 Å². The standard InChI is InChI=1S/C12H21NO/c1-4-5-6-10-7-8-12(14)11(10)9-13(2)3/h9-10H,4-8H2,1-3H3/b11-9-. The van der Waals surface area contributed by atoms with Gasteiger partial charge in [0.25, 0.3) is 0 Å². The second-order valence-corrected chi connectivity index (χ2v) is 4.35. The van der Waals surface area contributed by atoms with E-state index >= 15 is 0 Å². The second kappa shape index (κ2) is 5.18. The first-order valence-electron chi connectivity index (χ1n) is 5.56. The average molecular weight is 195 g/mol. The highest BCUT2D eigenvalue weighted by atomic mass is 16.1. The minimum Gasteiger partial charge on any atom is -0.383 e. The molecule has 0 N–H and O–H groups in total. The van der Waals surface area contributed by atoms with Crippen LogP contribution in [0, 0.1) is 5.92 Å². The molecule has 14 heavy (non-hydrogen) atoms. The molecule has 1 aliphatic rings. The van der Waals surface area contributed by atoms with E-state index < -0.39 is 0 Å². The molecule has 0 aromatic heterocycles. The first-order valence-corrected chi connectivity index (χ1v) is 5.56. The second-order valence-electron chi connectivity index (χ2n) is 4.35. The van der Waals surface area contributed by atoms with Crippen LogP contribution in [0.3, 0.4) is 0 Å². The Balaban J connectivity index is 2.62. The van der Waals surface area contributed by atoms with E-state index in [4.69, 9.17) is 0 Å². The Hall–Kier alpha value is -0.790. The number of carbonyl (C=O) groups is 1. The molecular formula is C12H21NO. The molecule has 0 aromatic carbocycles. The minimum absolute atomic E-state index is 0.361. The lowest BCUT2D eigenvalue weighted by Gasteiger charge is -2.13. The summed E-state index contributed by atoms with van der Waals surface area (Å²) in [6.45, 7) is 2.20. The topological polar surface area (TPSA) is 20.3 Å². The van der Waals surface area contributed by atoms with E-state index in [-0.39, 0.29) is 0 Å². The van der Waals surface area contributed by atoms with Crippen molar-refractivity contribution in [3.8, 4) is 0 Å². The molecule has 0 aromatic rings. The maximum Gasteiger partial charge on any atom is 0.160 e. The van der Waals surface area contributed by atoms with Gasteiger partial charge in [-0.1, -0.05) is 19.8 Å². The van der Waals surface area contributed by atoms with Crippen molar-refractivity contribution in [2.45, 2.75) is 39.0 Å². The Labute approximate surface area is 87.0 Å². The van der Waals surface area contributed by atoms with Crippen LogP contribution in [-0.2, 0) is 4.79 Å². The number of hydrogen-bond acceptors (Lipinski definition) is 2. The molecular weight excluding hydrogens is 174 g/mol. The van der Waals surface area contributed by atoms with Gasteiger partial charge in [-0.05, 0) is 18.8 Å². The van der Waals surface area contributed by atoms with Crippen LogP contribution in [-0.4, -0.2) is 24.8 Å². The molecule has 1 atom stereocenters. The molecule has 0 spiro atoms. The number of hydrogen-bond donors (Lipinski definition) is 0. The average Bonchev–Trinajstić information content (AvgIpc) is 2.45. The van der Waals surface area contributed by atoms with Gasteiger partial charge in [-0.15, -0.1) is 0 Å². The number of nitrogens with zero attached hydrogens (tertiary/aromatic N) is 1. The fraction of sp³-hybridized carbons (Fsp3) is 0.750. The van der Waals surface area contributed by atoms with Gasteiger partial charge in [0.15, 0.2) is 5.78 Å². The number of Topliss-reactive ketones (excluding diaryl/α,β-unsaturated/α-hetero) is 1. The number of ketones is 1. The maximum atomic E-state index is 11.6. The number of carbonyl (C=O) groups excluding carboxylic acids is 1. The maximum absolute atomic E-state index is 11.6. The van der Waals surface area contributed by atoms with Crippen molar-refractivity contribution in [2.24, 2.45) is 5.92 Å². The Morgan fingerprint density at radius 3 is 2.79 bits per heavy atom. The summed E-state index contributed by atoms with van der Waals surface area (Å²) >= 11 is 0. The SMILES string of the molecule is CCCCC1CCC(=O)/C1=C\N(C)C. The van der Waals surface area contributed by atoms with Crippen molar-refractivity contribution in [1.82, 2.24) is 4.90 Å². The van der Waals surface area contributed by atoms with E-state index in [0.29, 0.717) is 11.7 Å². The summed E-state index contributed by atoms with van der Waals surface area (Å²) in [6, 6.07) is 0. The molecule has 1 saturated carbocycles. The highest BCUT2D eigenvalue weighted by Gasteiger charge is 2.27. The molecule has 0 aliphatic heterocycles. The van der Waals surface area contributed by atoms with Crippen molar-refractivity contribution < 1.29 is 4.79 Å². The van der Waals surface area contributed by atoms with E-state index in [9.17, 15) is 4.79 Å². The van der Waals surface area contributed by atoms with Gasteiger partial charge in [-0.25, -0.2) is 0 Å². The Bertz CT molecular complexity index is 230. The fourth-order valence-electron chi connectivity index (χ4n) is 2.04. The molecule has 0 heterocycles. The van der Waals surface area contributed by atoms with E-state index in [1.165, 1.54) is 19.3 Å². The van der Waals surface area contributed by atoms with E-state index in [1.807, 2.05) is 25.2 Å². The van der Waals surface area contributed by atoms with Gasteiger partial charge in [-0.2, -0.15) is 0 Å². The van der Waals surface area contributed by atoms with Crippen molar-refractivity contribution in [3.63, 3.8) is 0 Å². The van der Waals surface area contributed by atoms with E-state index in [0.717, 1.165) is 18.4 Å². The molecule has 0 amide bonds. The van der Waals surface area contributed by atoms with Gasteiger partial charge in [0.05, 0.1) is 0 Å².